The molecule has 2 rings (SSSR count). The van der Waals surface area contributed by atoms with E-state index in [-0.39, 0.29) is 5.15 Å². The normalized spacial score (nSPS) is 10.6. The summed E-state index contributed by atoms with van der Waals surface area (Å²) >= 11 is 5.63. The maximum atomic E-state index is 11.3. The number of hydrogen-bond donors (Lipinski definition) is 0. The van der Waals surface area contributed by atoms with E-state index in [0.717, 1.165) is 10.3 Å². The van der Waals surface area contributed by atoms with Gasteiger partial charge in [-0.15, -0.1) is 0 Å². The van der Waals surface area contributed by atoms with Crippen molar-refractivity contribution >= 4 is 22.6 Å². The van der Waals surface area contributed by atoms with Crippen LogP contribution in [-0.2, 0) is 0 Å². The molecule has 13 heavy (non-hydrogen) atoms. The van der Waals surface area contributed by atoms with Gasteiger partial charge < -0.3 is 5.21 Å². The number of nitrogens with zero attached hydrogens (tertiary/aromatic N) is 2. The molecule has 0 saturated carbocycles. The molecule has 0 spiro atoms. The van der Waals surface area contributed by atoms with Crippen LogP contribution in [-0.4, -0.2) is 4.98 Å². The van der Waals surface area contributed by atoms with E-state index in [9.17, 15) is 5.21 Å². The lowest BCUT2D eigenvalue weighted by Crippen LogP contribution is -2.26. The molecule has 66 valence electrons. The molecule has 1 heterocycles. The van der Waals surface area contributed by atoms with Gasteiger partial charge in [0, 0.05) is 6.07 Å². The molecular weight excluding hydrogens is 188 g/mol. The fraction of sp³-hybridized carbons (Fsp3) is 0.111. The number of aromatic nitrogens is 2. The zero-order chi connectivity index (χ0) is 9.42. The van der Waals surface area contributed by atoms with Crippen LogP contribution < -0.4 is 4.73 Å². The van der Waals surface area contributed by atoms with E-state index < -0.39 is 0 Å². The van der Waals surface area contributed by atoms with E-state index in [1.807, 2.05) is 13.0 Å². The molecular formula is C9H7ClN2O. The molecule has 0 aliphatic carbocycles. The van der Waals surface area contributed by atoms with Gasteiger partial charge in [-0.25, -0.2) is 4.98 Å². The minimum Gasteiger partial charge on any atom is -0.618 e. The molecule has 0 unspecified atom stereocenters. The molecule has 2 aromatic rings. The lowest BCUT2D eigenvalue weighted by atomic mass is 10.2. The predicted octanol–water partition coefficient (Wildman–Crippen LogP) is 1.83. The van der Waals surface area contributed by atoms with E-state index in [4.69, 9.17) is 11.6 Å². The number of benzene rings is 1. The van der Waals surface area contributed by atoms with Crippen molar-refractivity contribution in [1.82, 2.24) is 4.98 Å². The maximum absolute atomic E-state index is 11.3. The van der Waals surface area contributed by atoms with E-state index in [0.29, 0.717) is 11.0 Å². The Morgan fingerprint density at radius 2 is 2.23 bits per heavy atom. The van der Waals surface area contributed by atoms with Crippen molar-refractivity contribution < 1.29 is 4.73 Å². The van der Waals surface area contributed by atoms with Gasteiger partial charge in [0.2, 0.25) is 11.7 Å². The molecule has 0 N–H and O–H groups in total. The maximum Gasteiger partial charge on any atom is 0.242 e. The Labute approximate surface area is 80.2 Å². The second-order valence-corrected chi connectivity index (χ2v) is 3.27. The quantitative estimate of drug-likeness (QED) is 0.474. The zero-order valence-corrected chi connectivity index (χ0v) is 7.75. The Bertz CT molecular complexity index is 470. The summed E-state index contributed by atoms with van der Waals surface area (Å²) in [5.74, 6) is 0. The molecule has 0 radical (unpaired) electrons. The smallest absolute Gasteiger partial charge is 0.242 e. The van der Waals surface area contributed by atoms with Gasteiger partial charge >= 0.3 is 0 Å². The van der Waals surface area contributed by atoms with Crippen molar-refractivity contribution in [3.8, 4) is 0 Å². The number of aryl methyl sites for hydroxylation is 1. The summed E-state index contributed by atoms with van der Waals surface area (Å²) in [5, 5.41) is 11.6. The third-order valence-corrected chi connectivity index (χ3v) is 2.00. The molecule has 0 amide bonds. The van der Waals surface area contributed by atoms with Crippen molar-refractivity contribution in [2.45, 2.75) is 6.92 Å². The van der Waals surface area contributed by atoms with Crippen LogP contribution in [0.15, 0.2) is 24.4 Å². The Morgan fingerprint density at radius 1 is 1.46 bits per heavy atom. The standard InChI is InChI=1S/C9H7ClN2O/c1-6-2-3-7-8(4-6)12(13)5-9(10)11-7/h2-5H,1H3. The Balaban J connectivity index is 2.87. The molecule has 0 aliphatic rings. The van der Waals surface area contributed by atoms with Crippen LogP contribution in [0.3, 0.4) is 0 Å². The fourth-order valence-electron chi connectivity index (χ4n) is 1.21. The lowest BCUT2D eigenvalue weighted by molar-refractivity contribution is -0.577. The first-order chi connectivity index (χ1) is 6.16. The van der Waals surface area contributed by atoms with Gasteiger partial charge in [0.25, 0.3) is 0 Å². The highest BCUT2D eigenvalue weighted by Gasteiger charge is 2.06. The molecule has 3 nitrogen and oxygen atoms in total. The van der Waals surface area contributed by atoms with E-state index in [1.165, 1.54) is 6.20 Å². The summed E-state index contributed by atoms with van der Waals surface area (Å²) in [6, 6.07) is 5.46. The highest BCUT2D eigenvalue weighted by atomic mass is 35.5. The highest BCUT2D eigenvalue weighted by Crippen LogP contribution is 2.12. The summed E-state index contributed by atoms with van der Waals surface area (Å²) in [7, 11) is 0. The van der Waals surface area contributed by atoms with Crippen LogP contribution in [0.25, 0.3) is 11.0 Å². The van der Waals surface area contributed by atoms with Crippen molar-refractivity contribution in [2.75, 3.05) is 0 Å². The largest absolute Gasteiger partial charge is 0.618 e. The van der Waals surface area contributed by atoms with E-state index in [2.05, 4.69) is 4.98 Å². The predicted molar refractivity (Wildman–Crippen MR) is 50.5 cm³/mol. The van der Waals surface area contributed by atoms with Gasteiger partial charge in [0.05, 0.1) is 0 Å². The molecule has 4 heteroatoms. The fourth-order valence-corrected chi connectivity index (χ4v) is 1.39. The lowest BCUT2D eigenvalue weighted by Gasteiger charge is -2.01. The van der Waals surface area contributed by atoms with Crippen molar-refractivity contribution in [2.24, 2.45) is 0 Å². The third kappa shape index (κ3) is 1.42. The van der Waals surface area contributed by atoms with Crippen LogP contribution in [0.4, 0.5) is 0 Å². The number of rotatable bonds is 0. The molecule has 0 bridgehead atoms. The Kier molecular flexibility index (Phi) is 1.81. The highest BCUT2D eigenvalue weighted by molar-refractivity contribution is 6.29. The summed E-state index contributed by atoms with van der Waals surface area (Å²) in [6.07, 6.45) is 1.25. The number of halogens is 1. The summed E-state index contributed by atoms with van der Waals surface area (Å²) in [4.78, 5) is 4.02. The SMILES string of the molecule is Cc1ccc2nc(Cl)c[n+]([O-])c2c1. The topological polar surface area (TPSA) is 39.8 Å². The Morgan fingerprint density at radius 3 is 3.00 bits per heavy atom. The molecule has 0 aliphatic heterocycles. The van der Waals surface area contributed by atoms with E-state index >= 15 is 0 Å². The number of fused-ring (bicyclic) bond motifs is 1. The minimum absolute atomic E-state index is 0.214. The first-order valence-corrected chi connectivity index (χ1v) is 4.21. The van der Waals surface area contributed by atoms with Crippen molar-refractivity contribution in [3.63, 3.8) is 0 Å². The van der Waals surface area contributed by atoms with Crippen LogP contribution in [0.1, 0.15) is 5.56 Å². The average molecular weight is 195 g/mol. The van der Waals surface area contributed by atoms with Gasteiger partial charge in [-0.1, -0.05) is 17.7 Å². The monoisotopic (exact) mass is 194 g/mol. The third-order valence-electron chi connectivity index (χ3n) is 1.82. The van der Waals surface area contributed by atoms with Gasteiger partial charge in [-0.2, -0.15) is 4.73 Å². The van der Waals surface area contributed by atoms with Crippen LogP contribution in [0.2, 0.25) is 5.15 Å². The van der Waals surface area contributed by atoms with E-state index in [1.54, 1.807) is 12.1 Å². The Hall–Kier alpha value is -1.35. The molecule has 1 aromatic heterocycles. The van der Waals surface area contributed by atoms with Crippen LogP contribution in [0, 0.1) is 12.1 Å². The van der Waals surface area contributed by atoms with Crippen molar-refractivity contribution in [1.29, 1.82) is 0 Å². The van der Waals surface area contributed by atoms with Crippen LogP contribution in [0.5, 0.6) is 0 Å². The number of hydrogen-bond acceptors (Lipinski definition) is 2. The molecule has 0 fully saturated rings. The summed E-state index contributed by atoms with van der Waals surface area (Å²) < 4.78 is 0.734. The average Bonchev–Trinajstić information content (AvgIpc) is 2.06. The summed E-state index contributed by atoms with van der Waals surface area (Å²) in [6.45, 7) is 1.92. The molecule has 1 aromatic carbocycles. The van der Waals surface area contributed by atoms with Gasteiger partial charge in [0.1, 0.15) is 5.52 Å². The molecule has 0 saturated heterocycles. The zero-order valence-electron chi connectivity index (χ0n) is 6.99. The minimum atomic E-state index is 0.214. The first kappa shape index (κ1) is 8.26. The van der Waals surface area contributed by atoms with Crippen LogP contribution >= 0.6 is 11.6 Å². The second kappa shape index (κ2) is 2.85. The van der Waals surface area contributed by atoms with Gasteiger partial charge in [-0.05, 0) is 18.6 Å². The molecule has 0 atom stereocenters. The first-order valence-electron chi connectivity index (χ1n) is 3.83. The van der Waals surface area contributed by atoms with Crippen molar-refractivity contribution in [3.05, 3.63) is 40.3 Å². The van der Waals surface area contributed by atoms with Gasteiger partial charge in [-0.3, -0.25) is 0 Å². The van der Waals surface area contributed by atoms with Gasteiger partial charge in [0.15, 0.2) is 5.15 Å². The second-order valence-electron chi connectivity index (χ2n) is 2.88. The summed E-state index contributed by atoms with van der Waals surface area (Å²) in [5.41, 5.74) is 2.19.